The van der Waals surface area contributed by atoms with Crippen LogP contribution in [-0.4, -0.2) is 25.3 Å². The number of amides is 1. The number of nitrogens with two attached hydrogens (primary N) is 1. The summed E-state index contributed by atoms with van der Waals surface area (Å²) in [7, 11) is 0. The predicted molar refractivity (Wildman–Crippen MR) is 93.4 cm³/mol. The molecular weight excluding hydrogens is 318 g/mol. The van der Waals surface area contributed by atoms with Gasteiger partial charge in [-0.25, -0.2) is 0 Å². The van der Waals surface area contributed by atoms with Crippen molar-refractivity contribution in [1.29, 1.82) is 0 Å². The summed E-state index contributed by atoms with van der Waals surface area (Å²) in [6.07, 6.45) is 1.71. The Kier molecular flexibility index (Phi) is 5.14. The largest absolute Gasteiger partial charge is 0.438 e. The highest BCUT2D eigenvalue weighted by molar-refractivity contribution is 6.02. The normalized spacial score (nSPS) is 20.1. The fraction of sp³-hybridized carbons (Fsp3) is 0.300. The molecule has 5 heteroatoms. The molecule has 0 bridgehead atoms. The van der Waals surface area contributed by atoms with Crippen LogP contribution in [0.2, 0.25) is 0 Å². The molecule has 1 fully saturated rings. The minimum absolute atomic E-state index is 0.00584. The number of rotatable bonds is 6. The average Bonchev–Trinajstić information content (AvgIpc) is 2.64. The first-order chi connectivity index (χ1) is 12.1. The number of carbonyl (C=O) groups excluding carboxylic acids is 2. The Bertz CT molecular complexity index is 742. The Balaban J connectivity index is 1.62. The Morgan fingerprint density at radius 2 is 1.72 bits per heavy atom. The van der Waals surface area contributed by atoms with Gasteiger partial charge in [0.25, 0.3) is 0 Å². The number of cyclic esters (lactones) is 1. The monoisotopic (exact) mass is 339 g/mol. The highest BCUT2D eigenvalue weighted by atomic mass is 16.7. The molecule has 1 amide bonds. The van der Waals surface area contributed by atoms with E-state index in [1.54, 1.807) is 0 Å². The molecule has 25 heavy (non-hydrogen) atoms. The lowest BCUT2D eigenvalue weighted by atomic mass is 9.81. The summed E-state index contributed by atoms with van der Waals surface area (Å²) < 4.78 is 10.0. The second-order valence-corrected chi connectivity index (χ2v) is 6.26. The van der Waals surface area contributed by atoms with E-state index >= 15 is 0 Å². The van der Waals surface area contributed by atoms with Crippen LogP contribution >= 0.6 is 0 Å². The molecule has 1 aliphatic rings. The third-order valence-electron chi connectivity index (χ3n) is 4.61. The van der Waals surface area contributed by atoms with Crippen molar-refractivity contribution in [2.45, 2.75) is 19.3 Å². The van der Waals surface area contributed by atoms with Crippen LogP contribution in [0.5, 0.6) is 0 Å². The van der Waals surface area contributed by atoms with E-state index in [1.807, 2.05) is 18.2 Å². The number of carbonyl (C=O) groups is 2. The van der Waals surface area contributed by atoms with Gasteiger partial charge in [-0.3, -0.25) is 9.59 Å². The van der Waals surface area contributed by atoms with Gasteiger partial charge in [-0.05, 0) is 36.0 Å². The summed E-state index contributed by atoms with van der Waals surface area (Å²) in [6.45, 7) is -0.122. The maximum Gasteiger partial charge on any atom is 0.326 e. The highest BCUT2D eigenvalue weighted by Gasteiger charge is 2.48. The SMILES string of the molecule is NC(=O)[C@@]1(CCCc2ccc(-c3ccccc3)cc2)COCOC1=O. The Morgan fingerprint density at radius 1 is 1.04 bits per heavy atom. The molecule has 2 N–H and O–H groups in total. The van der Waals surface area contributed by atoms with Crippen LogP contribution < -0.4 is 5.73 Å². The molecule has 0 aliphatic carbocycles. The minimum Gasteiger partial charge on any atom is -0.438 e. The maximum absolute atomic E-state index is 12.0. The first-order valence-electron chi connectivity index (χ1n) is 8.31. The molecule has 0 radical (unpaired) electrons. The van der Waals surface area contributed by atoms with E-state index in [0.29, 0.717) is 12.8 Å². The molecule has 1 aliphatic heterocycles. The zero-order valence-corrected chi connectivity index (χ0v) is 13.9. The van der Waals surface area contributed by atoms with Gasteiger partial charge in [0.05, 0.1) is 6.61 Å². The molecule has 2 aromatic rings. The van der Waals surface area contributed by atoms with E-state index in [4.69, 9.17) is 15.2 Å². The van der Waals surface area contributed by atoms with Crippen LogP contribution in [0.4, 0.5) is 0 Å². The summed E-state index contributed by atoms with van der Waals surface area (Å²) in [5, 5.41) is 0. The lowest BCUT2D eigenvalue weighted by molar-refractivity contribution is -0.196. The zero-order valence-electron chi connectivity index (χ0n) is 13.9. The molecular formula is C20H21NO4. The van der Waals surface area contributed by atoms with Gasteiger partial charge in [-0.15, -0.1) is 0 Å². The molecule has 3 rings (SSSR count). The van der Waals surface area contributed by atoms with E-state index in [9.17, 15) is 9.59 Å². The fourth-order valence-corrected chi connectivity index (χ4v) is 3.07. The third kappa shape index (κ3) is 3.72. The molecule has 0 aromatic heterocycles. The first kappa shape index (κ1) is 17.2. The maximum atomic E-state index is 12.0. The summed E-state index contributed by atoms with van der Waals surface area (Å²) in [5.74, 6) is -1.26. The van der Waals surface area contributed by atoms with Crippen molar-refractivity contribution >= 4 is 11.9 Å². The van der Waals surface area contributed by atoms with Crippen molar-refractivity contribution in [1.82, 2.24) is 0 Å². The molecule has 1 heterocycles. The topological polar surface area (TPSA) is 78.6 Å². The number of aryl methyl sites for hydroxylation is 1. The molecule has 0 spiro atoms. The summed E-state index contributed by atoms with van der Waals surface area (Å²) in [5.41, 5.74) is 7.55. The third-order valence-corrected chi connectivity index (χ3v) is 4.61. The second-order valence-electron chi connectivity index (χ2n) is 6.26. The molecule has 0 unspecified atom stereocenters. The Labute approximate surface area is 146 Å². The quantitative estimate of drug-likeness (QED) is 0.648. The number of primary amides is 1. The smallest absolute Gasteiger partial charge is 0.326 e. The van der Waals surface area contributed by atoms with E-state index in [-0.39, 0.29) is 13.4 Å². The second kappa shape index (κ2) is 7.49. The van der Waals surface area contributed by atoms with Crippen molar-refractivity contribution in [2.75, 3.05) is 13.4 Å². The van der Waals surface area contributed by atoms with Crippen LogP contribution in [0, 0.1) is 5.41 Å². The van der Waals surface area contributed by atoms with E-state index in [1.165, 1.54) is 5.56 Å². The Hall–Kier alpha value is -2.66. The van der Waals surface area contributed by atoms with Gasteiger partial charge in [0, 0.05) is 0 Å². The number of hydrogen-bond donors (Lipinski definition) is 1. The average molecular weight is 339 g/mol. The molecule has 5 nitrogen and oxygen atoms in total. The van der Waals surface area contributed by atoms with Crippen molar-refractivity contribution < 1.29 is 19.1 Å². The van der Waals surface area contributed by atoms with Crippen molar-refractivity contribution in [3.05, 3.63) is 60.2 Å². The van der Waals surface area contributed by atoms with Gasteiger partial charge >= 0.3 is 5.97 Å². The molecule has 2 aromatic carbocycles. The number of benzene rings is 2. The van der Waals surface area contributed by atoms with Gasteiger partial charge in [-0.1, -0.05) is 54.6 Å². The molecule has 0 saturated carbocycles. The molecule has 1 atom stereocenters. The van der Waals surface area contributed by atoms with Crippen LogP contribution in [0.1, 0.15) is 18.4 Å². The standard InChI is InChI=1S/C20H21NO4/c21-18(22)20(13-24-14-25-19(20)23)12-4-5-15-8-10-17(11-9-15)16-6-2-1-3-7-16/h1-3,6-11H,4-5,12-14H2,(H2,21,22)/t20-/m1/s1. The minimum atomic E-state index is -1.36. The van der Waals surface area contributed by atoms with Crippen LogP contribution in [0.3, 0.4) is 0 Å². The first-order valence-corrected chi connectivity index (χ1v) is 8.31. The van der Waals surface area contributed by atoms with Gasteiger partial charge in [0.1, 0.15) is 0 Å². The van der Waals surface area contributed by atoms with Gasteiger partial charge in [0.15, 0.2) is 12.2 Å². The summed E-state index contributed by atoms with van der Waals surface area (Å²) in [6, 6.07) is 18.4. The van der Waals surface area contributed by atoms with Crippen LogP contribution in [0.15, 0.2) is 54.6 Å². The van der Waals surface area contributed by atoms with Crippen LogP contribution in [-0.2, 0) is 25.5 Å². The Morgan fingerprint density at radius 3 is 2.36 bits per heavy atom. The van der Waals surface area contributed by atoms with Crippen molar-refractivity contribution in [2.24, 2.45) is 11.1 Å². The van der Waals surface area contributed by atoms with Crippen LogP contribution in [0.25, 0.3) is 11.1 Å². The van der Waals surface area contributed by atoms with Gasteiger partial charge in [0.2, 0.25) is 5.91 Å². The van der Waals surface area contributed by atoms with Gasteiger partial charge in [-0.2, -0.15) is 0 Å². The highest BCUT2D eigenvalue weighted by Crippen LogP contribution is 2.30. The van der Waals surface area contributed by atoms with Gasteiger partial charge < -0.3 is 15.2 Å². The van der Waals surface area contributed by atoms with E-state index < -0.39 is 17.3 Å². The van der Waals surface area contributed by atoms with Crippen molar-refractivity contribution in [3.63, 3.8) is 0 Å². The fourth-order valence-electron chi connectivity index (χ4n) is 3.07. The number of esters is 1. The number of ether oxygens (including phenoxy) is 2. The number of hydrogen-bond acceptors (Lipinski definition) is 4. The van der Waals surface area contributed by atoms with E-state index in [2.05, 4.69) is 36.4 Å². The lowest BCUT2D eigenvalue weighted by Crippen LogP contribution is -2.51. The summed E-state index contributed by atoms with van der Waals surface area (Å²) in [4.78, 5) is 23.8. The summed E-state index contributed by atoms with van der Waals surface area (Å²) >= 11 is 0. The molecule has 130 valence electrons. The van der Waals surface area contributed by atoms with E-state index in [0.717, 1.165) is 17.5 Å². The van der Waals surface area contributed by atoms with Crippen molar-refractivity contribution in [3.8, 4) is 11.1 Å². The lowest BCUT2D eigenvalue weighted by Gasteiger charge is -2.31. The predicted octanol–water partition coefficient (Wildman–Crippen LogP) is 2.68. The zero-order chi connectivity index (χ0) is 17.7. The molecule has 1 saturated heterocycles.